The number of piperazine rings is 1. The molecule has 1 atom stereocenters. The SMILES string of the molecule is CN1CC[N]([AlH2])[CH]([AlH2])C1=O. The third kappa shape index (κ3) is 1.56. The molecule has 1 unspecified atom stereocenters. The Morgan fingerprint density at radius 1 is 1.60 bits per heavy atom. The summed E-state index contributed by atoms with van der Waals surface area (Å²) in [7, 11) is 1.89. The van der Waals surface area contributed by atoms with Gasteiger partial charge in [-0.3, -0.25) is 4.79 Å². The van der Waals surface area contributed by atoms with Crippen molar-refractivity contribution in [1.29, 1.82) is 0 Å². The Balaban J connectivity index is 2.60. The first-order valence-electron chi connectivity index (χ1n) is 3.58. The first kappa shape index (κ1) is 8.59. The Hall–Kier alpha value is 0.495. The molecule has 1 saturated heterocycles. The van der Waals surface area contributed by atoms with E-state index < -0.39 is 0 Å². The van der Waals surface area contributed by atoms with Gasteiger partial charge in [0.25, 0.3) is 16.3 Å². The van der Waals surface area contributed by atoms with E-state index in [2.05, 4.69) is 3.88 Å². The Morgan fingerprint density at radius 3 is 2.70 bits per heavy atom. The van der Waals surface area contributed by atoms with Crippen LogP contribution >= 0.6 is 0 Å². The zero-order valence-corrected chi connectivity index (χ0v) is 10.8. The maximum Gasteiger partial charge on any atom is 0.321 e. The number of nitrogens with zero attached hydrogens (tertiary/aromatic N) is 2. The normalized spacial score (nSPS) is 29.1. The first-order chi connectivity index (χ1) is 4.63. The number of hydrogen-bond donors (Lipinski definition) is 0. The first-order valence-corrected chi connectivity index (χ1v) is 5.63. The van der Waals surface area contributed by atoms with Crippen LogP contribution in [-0.4, -0.2) is 72.5 Å². The largest absolute Gasteiger partial charge is 0.391 e. The number of carbonyl (C=O) groups excluding carboxylic acids is 1. The molecule has 0 aromatic carbocycles. The lowest BCUT2D eigenvalue weighted by Crippen LogP contribution is -2.54. The summed E-state index contributed by atoms with van der Waals surface area (Å²) in [6, 6.07) is 0. The Bertz CT molecular complexity index is 153. The lowest BCUT2D eigenvalue weighted by molar-refractivity contribution is -0.134. The molecule has 1 aliphatic rings. The highest BCUT2D eigenvalue weighted by atomic mass is 27.1. The van der Waals surface area contributed by atoms with Gasteiger partial charge in [-0.05, 0) is 6.54 Å². The Kier molecular flexibility index (Phi) is 2.80. The molecule has 0 aromatic rings. The molecule has 0 aromatic heterocycles. The molecule has 0 N–H and O–H groups in total. The highest BCUT2D eigenvalue weighted by Crippen LogP contribution is 2.02. The third-order valence-corrected chi connectivity index (χ3v) is 5.81. The molecule has 0 spiro atoms. The maximum absolute atomic E-state index is 11.3. The predicted octanol–water partition coefficient (Wildman–Crippen LogP) is -2.73. The monoisotopic (exact) mass is 170 g/mol. The smallest absolute Gasteiger partial charge is 0.321 e. The molecule has 1 fully saturated rings. The molecule has 0 saturated carbocycles. The van der Waals surface area contributed by atoms with Gasteiger partial charge >= 0.3 is 16.5 Å². The van der Waals surface area contributed by atoms with Crippen molar-refractivity contribution in [3.63, 3.8) is 0 Å². The van der Waals surface area contributed by atoms with E-state index in [4.69, 9.17) is 0 Å². The van der Waals surface area contributed by atoms with Crippen LogP contribution in [0.2, 0.25) is 0 Å². The number of hydrogen-bond acceptors (Lipinski definition) is 2. The van der Waals surface area contributed by atoms with Crippen molar-refractivity contribution in [3.8, 4) is 0 Å². The minimum Gasteiger partial charge on any atom is -0.391 e. The van der Waals surface area contributed by atoms with Crippen molar-refractivity contribution in [2.75, 3.05) is 20.1 Å². The summed E-state index contributed by atoms with van der Waals surface area (Å²) >= 11 is 2.01. The lowest BCUT2D eigenvalue weighted by atomic mass is 10.4. The van der Waals surface area contributed by atoms with Crippen LogP contribution in [0.3, 0.4) is 0 Å². The highest BCUT2D eigenvalue weighted by Gasteiger charge is 2.24. The van der Waals surface area contributed by atoms with Crippen LogP contribution in [0.4, 0.5) is 0 Å². The fourth-order valence-electron chi connectivity index (χ4n) is 1.12. The van der Waals surface area contributed by atoms with Gasteiger partial charge in [0, 0.05) is 18.5 Å². The minimum absolute atomic E-state index is 0.269. The maximum atomic E-state index is 11.3. The van der Waals surface area contributed by atoms with Gasteiger partial charge in [-0.25, -0.2) is 0 Å². The van der Waals surface area contributed by atoms with Crippen LogP contribution in [0.5, 0.6) is 0 Å². The van der Waals surface area contributed by atoms with Crippen LogP contribution in [0.25, 0.3) is 0 Å². The third-order valence-electron chi connectivity index (χ3n) is 2.18. The van der Waals surface area contributed by atoms with Crippen LogP contribution in [0.15, 0.2) is 0 Å². The van der Waals surface area contributed by atoms with Crippen LogP contribution in [0.1, 0.15) is 0 Å². The van der Waals surface area contributed by atoms with Crippen molar-refractivity contribution >= 4 is 38.7 Å². The second-order valence-electron chi connectivity index (χ2n) is 2.92. The van der Waals surface area contributed by atoms with Gasteiger partial charge in [0.1, 0.15) is 0 Å². The number of rotatable bonds is 0. The van der Waals surface area contributed by atoms with E-state index in [9.17, 15) is 4.79 Å². The quantitative estimate of drug-likeness (QED) is 0.368. The summed E-state index contributed by atoms with van der Waals surface area (Å²) in [6.45, 7) is 2.00. The zero-order chi connectivity index (χ0) is 7.72. The van der Waals surface area contributed by atoms with E-state index in [0.29, 0.717) is 5.91 Å². The van der Waals surface area contributed by atoms with Gasteiger partial charge in [0.15, 0.2) is 0 Å². The van der Waals surface area contributed by atoms with E-state index in [0.717, 1.165) is 45.9 Å². The van der Waals surface area contributed by atoms with E-state index in [1.807, 2.05) is 11.9 Å². The molecule has 0 bridgehead atoms. The van der Waals surface area contributed by atoms with E-state index >= 15 is 0 Å². The molecule has 5 heteroatoms. The summed E-state index contributed by atoms with van der Waals surface area (Å²) in [4.78, 5) is 13.4. The molecule has 1 heterocycles. The lowest BCUT2D eigenvalue weighted by Gasteiger charge is -2.36. The topological polar surface area (TPSA) is 23.6 Å². The standard InChI is InChI=1S/C5H8N2O.2Al.4H/c1-7-3-2-6-4-5(7)8;;;;;;/h4H,2-3H2,1H3;;;;;;/q-1;;+1;;;;. The van der Waals surface area contributed by atoms with Gasteiger partial charge in [-0.2, -0.15) is 0 Å². The second-order valence-corrected chi connectivity index (χ2v) is 5.16. The molecule has 0 aliphatic carbocycles. The summed E-state index contributed by atoms with van der Waals surface area (Å²) in [5.74, 6) is 0.327. The van der Waals surface area contributed by atoms with Crippen LogP contribution in [0, 0.1) is 0 Å². The molecule has 1 aliphatic heterocycles. The van der Waals surface area contributed by atoms with Gasteiger partial charge in [0.2, 0.25) is 5.91 Å². The Morgan fingerprint density at radius 2 is 2.20 bits per heavy atom. The van der Waals surface area contributed by atoms with Crippen LogP contribution < -0.4 is 0 Å². The second kappa shape index (κ2) is 3.26. The zero-order valence-electron chi connectivity index (χ0n) is 6.79. The molecule has 1 rings (SSSR count). The summed E-state index contributed by atoms with van der Waals surface area (Å²) in [6.07, 6.45) is 0. The average molecular weight is 170 g/mol. The summed E-state index contributed by atoms with van der Waals surface area (Å²) in [5.41, 5.74) is 0. The van der Waals surface area contributed by atoms with E-state index in [1.165, 1.54) is 0 Å². The van der Waals surface area contributed by atoms with Gasteiger partial charge in [-0.1, -0.05) is 0 Å². The van der Waals surface area contributed by atoms with Crippen molar-refractivity contribution in [3.05, 3.63) is 0 Å². The van der Waals surface area contributed by atoms with Crippen molar-refractivity contribution in [2.45, 2.75) is 4.90 Å². The molecule has 10 heavy (non-hydrogen) atoms. The number of amides is 1. The highest BCUT2D eigenvalue weighted by molar-refractivity contribution is 6.27. The fourth-order valence-corrected chi connectivity index (χ4v) is 2.24. The van der Waals surface area contributed by atoms with E-state index in [-0.39, 0.29) is 4.90 Å². The molecule has 1 amide bonds. The summed E-state index contributed by atoms with van der Waals surface area (Å²) < 4.78 is 2.27. The van der Waals surface area contributed by atoms with Gasteiger partial charge in [0.05, 0.1) is 0 Å². The van der Waals surface area contributed by atoms with Crippen molar-refractivity contribution in [2.24, 2.45) is 0 Å². The fraction of sp³-hybridized carbons (Fsp3) is 0.800. The van der Waals surface area contributed by atoms with Crippen LogP contribution in [-0.2, 0) is 4.79 Å². The predicted molar refractivity (Wildman–Crippen MR) is 45.2 cm³/mol. The average Bonchev–Trinajstić information content (AvgIpc) is 1.93. The molecule has 3 nitrogen and oxygen atoms in total. The molecule has 0 radical (unpaired) electrons. The number of likely N-dealkylation sites (N-methyl/N-ethyl adjacent to an activating group) is 1. The van der Waals surface area contributed by atoms with Gasteiger partial charge in [-0.15, -0.1) is 0 Å². The summed E-state index contributed by atoms with van der Waals surface area (Å²) in [5, 5.41) is 0. The number of carbonyl (C=O) groups is 1. The van der Waals surface area contributed by atoms with E-state index in [1.54, 1.807) is 0 Å². The minimum atomic E-state index is 0.269. The van der Waals surface area contributed by atoms with Crippen molar-refractivity contribution < 1.29 is 4.79 Å². The Labute approximate surface area is 77.4 Å². The van der Waals surface area contributed by atoms with Crippen molar-refractivity contribution in [1.82, 2.24) is 8.78 Å². The molecular formula is C5H12Al2N2O. The molecular weight excluding hydrogens is 158 g/mol. The van der Waals surface area contributed by atoms with Gasteiger partial charge < -0.3 is 8.78 Å². The molecule has 54 valence electrons.